The van der Waals surface area contributed by atoms with Crippen LogP contribution in [0, 0.1) is 5.92 Å². The number of imidazole rings is 1. The Labute approximate surface area is 163 Å². The first-order valence-electron chi connectivity index (χ1n) is 9.53. The van der Waals surface area contributed by atoms with E-state index in [9.17, 15) is 14.4 Å². The number of carbonyl (C=O) groups is 3. The Morgan fingerprint density at radius 3 is 2.57 bits per heavy atom. The first-order chi connectivity index (χ1) is 13.3. The molecular formula is C19H27N5O4. The van der Waals surface area contributed by atoms with Crippen molar-refractivity contribution in [2.45, 2.75) is 66.0 Å². The summed E-state index contributed by atoms with van der Waals surface area (Å²) in [5, 5.41) is 2.66. The third-order valence-corrected chi connectivity index (χ3v) is 4.27. The van der Waals surface area contributed by atoms with Gasteiger partial charge < -0.3 is 9.30 Å². The summed E-state index contributed by atoms with van der Waals surface area (Å²) in [7, 11) is 0. The highest BCUT2D eigenvalue weighted by Crippen LogP contribution is 2.15. The van der Waals surface area contributed by atoms with Crippen LogP contribution in [-0.4, -0.2) is 43.3 Å². The van der Waals surface area contributed by atoms with Crippen molar-refractivity contribution < 1.29 is 19.1 Å². The number of hydrogen-bond donors (Lipinski definition) is 1. The zero-order valence-electron chi connectivity index (χ0n) is 16.8. The van der Waals surface area contributed by atoms with E-state index in [1.54, 1.807) is 31.7 Å². The van der Waals surface area contributed by atoms with Crippen LogP contribution in [0.4, 0.5) is 5.95 Å². The van der Waals surface area contributed by atoms with Crippen molar-refractivity contribution in [2.24, 2.45) is 5.92 Å². The summed E-state index contributed by atoms with van der Waals surface area (Å²) in [5.74, 6) is -0.507. The molecular weight excluding hydrogens is 362 g/mol. The molecule has 0 bridgehead atoms. The van der Waals surface area contributed by atoms with E-state index in [2.05, 4.69) is 20.3 Å². The number of aromatic nitrogens is 4. The van der Waals surface area contributed by atoms with Gasteiger partial charge in [0, 0.05) is 18.8 Å². The van der Waals surface area contributed by atoms with E-state index in [4.69, 9.17) is 4.74 Å². The fourth-order valence-corrected chi connectivity index (χ4v) is 2.44. The van der Waals surface area contributed by atoms with Crippen LogP contribution in [-0.2, 0) is 25.7 Å². The van der Waals surface area contributed by atoms with Gasteiger partial charge in [0.2, 0.25) is 11.9 Å². The number of carbonyl (C=O) groups excluding carboxylic acids is 3. The minimum absolute atomic E-state index is 0.0401. The average molecular weight is 389 g/mol. The molecule has 0 fully saturated rings. The first kappa shape index (κ1) is 21.5. The van der Waals surface area contributed by atoms with Crippen LogP contribution in [0.3, 0.4) is 0 Å². The second kappa shape index (κ2) is 9.91. The molecule has 0 aromatic carbocycles. The van der Waals surface area contributed by atoms with Crippen molar-refractivity contribution in [3.63, 3.8) is 0 Å². The van der Waals surface area contributed by atoms with E-state index < -0.39 is 5.97 Å². The number of ether oxygens (including phenoxy) is 1. The van der Waals surface area contributed by atoms with Crippen molar-refractivity contribution in [1.82, 2.24) is 19.5 Å². The molecule has 2 aromatic rings. The van der Waals surface area contributed by atoms with Gasteiger partial charge in [0.05, 0.1) is 25.5 Å². The maximum absolute atomic E-state index is 12.0. The maximum atomic E-state index is 12.0. The van der Waals surface area contributed by atoms with Gasteiger partial charge in [-0.3, -0.25) is 19.7 Å². The summed E-state index contributed by atoms with van der Waals surface area (Å²) in [6, 6.07) is 0. The summed E-state index contributed by atoms with van der Waals surface area (Å²) in [6.07, 6.45) is 4.08. The molecule has 152 valence electrons. The first-order valence-corrected chi connectivity index (χ1v) is 9.53. The van der Waals surface area contributed by atoms with E-state index >= 15 is 0 Å². The number of Topliss-reactive ketones (excluding diaryl/α,β-unsaturated/α-hetero) is 1. The van der Waals surface area contributed by atoms with Gasteiger partial charge >= 0.3 is 5.97 Å². The average Bonchev–Trinajstić information content (AvgIpc) is 3.07. The summed E-state index contributed by atoms with van der Waals surface area (Å²) in [5.41, 5.74) is 1.13. The molecule has 0 aliphatic heterocycles. The lowest BCUT2D eigenvalue weighted by Gasteiger charge is -2.17. The zero-order chi connectivity index (χ0) is 20.7. The SMILES string of the molecule is CCC(=O)CCC(=O)O[C@H](CC)Cn1cnc2cnc(NC(=O)C(C)C)nc21. The molecule has 0 saturated carbocycles. The molecule has 0 radical (unpaired) electrons. The van der Waals surface area contributed by atoms with E-state index in [1.807, 2.05) is 6.92 Å². The lowest BCUT2D eigenvalue weighted by molar-refractivity contribution is -0.150. The van der Waals surface area contributed by atoms with Crippen LogP contribution in [0.5, 0.6) is 0 Å². The predicted molar refractivity (Wildman–Crippen MR) is 103 cm³/mol. The topological polar surface area (TPSA) is 116 Å². The molecule has 2 heterocycles. The molecule has 0 aliphatic rings. The minimum Gasteiger partial charge on any atom is -0.460 e. The monoisotopic (exact) mass is 389 g/mol. The number of amides is 1. The molecule has 1 amide bonds. The second-order valence-electron chi connectivity index (χ2n) is 6.86. The van der Waals surface area contributed by atoms with E-state index in [0.29, 0.717) is 30.6 Å². The van der Waals surface area contributed by atoms with Crippen molar-refractivity contribution in [2.75, 3.05) is 5.32 Å². The van der Waals surface area contributed by atoms with E-state index in [-0.39, 0.29) is 42.5 Å². The molecule has 9 nitrogen and oxygen atoms in total. The molecule has 0 spiro atoms. The van der Waals surface area contributed by atoms with Crippen molar-refractivity contribution in [3.8, 4) is 0 Å². The molecule has 28 heavy (non-hydrogen) atoms. The molecule has 0 unspecified atom stereocenters. The Balaban J connectivity index is 2.07. The molecule has 1 atom stereocenters. The Morgan fingerprint density at radius 2 is 1.93 bits per heavy atom. The molecule has 2 rings (SSSR count). The number of hydrogen-bond acceptors (Lipinski definition) is 7. The largest absolute Gasteiger partial charge is 0.460 e. The van der Waals surface area contributed by atoms with Crippen LogP contribution < -0.4 is 5.32 Å². The van der Waals surface area contributed by atoms with Gasteiger partial charge in [0.1, 0.15) is 17.4 Å². The third kappa shape index (κ3) is 5.83. The van der Waals surface area contributed by atoms with Gasteiger partial charge in [-0.05, 0) is 6.42 Å². The second-order valence-corrected chi connectivity index (χ2v) is 6.86. The van der Waals surface area contributed by atoms with Crippen LogP contribution >= 0.6 is 0 Å². The fourth-order valence-electron chi connectivity index (χ4n) is 2.44. The van der Waals surface area contributed by atoms with Crippen LogP contribution in [0.25, 0.3) is 11.2 Å². The van der Waals surface area contributed by atoms with Crippen molar-refractivity contribution >= 4 is 34.8 Å². The smallest absolute Gasteiger partial charge is 0.306 e. The molecule has 9 heteroatoms. The fraction of sp³-hybridized carbons (Fsp3) is 0.579. The molecule has 0 saturated heterocycles. The number of nitrogens with zero attached hydrogens (tertiary/aromatic N) is 4. The van der Waals surface area contributed by atoms with Gasteiger partial charge in [-0.25, -0.2) is 9.97 Å². The summed E-state index contributed by atoms with van der Waals surface area (Å²) >= 11 is 0. The quantitative estimate of drug-likeness (QED) is 0.621. The Morgan fingerprint density at radius 1 is 1.18 bits per heavy atom. The lowest BCUT2D eigenvalue weighted by atomic mass is 10.2. The zero-order valence-corrected chi connectivity index (χ0v) is 16.8. The van der Waals surface area contributed by atoms with Gasteiger partial charge in [-0.1, -0.05) is 27.7 Å². The predicted octanol–water partition coefficient (Wildman–Crippen LogP) is 2.50. The normalized spacial score (nSPS) is 12.2. The molecule has 0 aliphatic carbocycles. The summed E-state index contributed by atoms with van der Waals surface area (Å²) < 4.78 is 7.25. The number of ketones is 1. The van der Waals surface area contributed by atoms with Crippen molar-refractivity contribution in [3.05, 3.63) is 12.5 Å². The van der Waals surface area contributed by atoms with Gasteiger partial charge in [-0.2, -0.15) is 4.98 Å². The van der Waals surface area contributed by atoms with E-state index in [0.717, 1.165) is 0 Å². The van der Waals surface area contributed by atoms with Crippen LogP contribution in [0.15, 0.2) is 12.5 Å². The maximum Gasteiger partial charge on any atom is 0.306 e. The number of nitrogens with one attached hydrogen (secondary N) is 1. The summed E-state index contributed by atoms with van der Waals surface area (Å²) in [6.45, 7) is 7.62. The number of esters is 1. The standard InChI is InChI=1S/C19H27N5O4/c1-5-13(25)7-8-16(26)28-14(6-2)10-24-11-21-15-9-20-19(22-17(15)24)23-18(27)12(3)4/h9,11-12,14H,5-8,10H2,1-4H3,(H,20,22,23,27)/t14-/m1/s1. The van der Waals surface area contributed by atoms with Gasteiger partial charge in [0.15, 0.2) is 5.65 Å². The summed E-state index contributed by atoms with van der Waals surface area (Å²) in [4.78, 5) is 47.9. The Hall–Kier alpha value is -2.84. The third-order valence-electron chi connectivity index (χ3n) is 4.27. The number of rotatable bonds is 10. The highest BCUT2D eigenvalue weighted by atomic mass is 16.5. The van der Waals surface area contributed by atoms with Crippen LogP contribution in [0.2, 0.25) is 0 Å². The number of fused-ring (bicyclic) bond motifs is 1. The molecule has 1 N–H and O–H groups in total. The van der Waals surface area contributed by atoms with Gasteiger partial charge in [0.25, 0.3) is 0 Å². The highest BCUT2D eigenvalue weighted by Gasteiger charge is 2.17. The Bertz CT molecular complexity index is 846. The van der Waals surface area contributed by atoms with Crippen LogP contribution in [0.1, 0.15) is 53.4 Å². The van der Waals surface area contributed by atoms with E-state index in [1.165, 1.54) is 6.20 Å². The minimum atomic E-state index is -0.391. The Kier molecular flexibility index (Phi) is 7.60. The lowest BCUT2D eigenvalue weighted by Crippen LogP contribution is -2.23. The highest BCUT2D eigenvalue weighted by molar-refractivity contribution is 5.91. The number of anilines is 1. The van der Waals surface area contributed by atoms with Crippen molar-refractivity contribution in [1.29, 1.82) is 0 Å². The molecule has 2 aromatic heterocycles. The van der Waals surface area contributed by atoms with Gasteiger partial charge in [-0.15, -0.1) is 0 Å².